The predicted molar refractivity (Wildman–Crippen MR) is 165 cm³/mol. The molecule has 0 bridgehead atoms. The van der Waals surface area contributed by atoms with E-state index in [0.717, 1.165) is 0 Å². The maximum absolute atomic E-state index is 14.9. The molecule has 41 heavy (non-hydrogen) atoms. The highest BCUT2D eigenvalue weighted by Crippen LogP contribution is 2.30. The standard InChI is InChI=1S/C30H32FN7O3.3H2/c1-5-38-26-14-27(35-30(41)37-16-21(17-37)36(3)4)32-15-19(26)12-23(28(38)39)22-13-25(24(31)11-18(22)2)34-29(40)33-20-9-7-6-8-10-20;;;/h6-15,21H,5,16-17H2,1-4H3,(H,32,35,41)(H2,33,34,40);3*1H. The number of urea groups is 2. The second-order valence-corrected chi connectivity index (χ2v) is 10.3. The van der Waals surface area contributed by atoms with Gasteiger partial charge in [0.25, 0.3) is 5.56 Å². The number of carbonyl (C=O) groups is 2. The number of rotatable bonds is 6. The van der Waals surface area contributed by atoms with Gasteiger partial charge in [0.1, 0.15) is 11.6 Å². The second kappa shape index (κ2) is 11.4. The number of pyridine rings is 2. The monoisotopic (exact) mass is 563 g/mol. The van der Waals surface area contributed by atoms with Crippen molar-refractivity contribution < 1.29 is 18.3 Å². The lowest BCUT2D eigenvalue weighted by Gasteiger charge is -2.42. The Morgan fingerprint density at radius 1 is 1.05 bits per heavy atom. The van der Waals surface area contributed by atoms with E-state index in [1.807, 2.05) is 27.1 Å². The number of hydrogen-bond donors (Lipinski definition) is 3. The Bertz CT molecular complexity index is 1700. The molecule has 1 aliphatic heterocycles. The summed E-state index contributed by atoms with van der Waals surface area (Å²) in [5, 5.41) is 8.70. The van der Waals surface area contributed by atoms with Gasteiger partial charge in [-0.15, -0.1) is 0 Å². The van der Waals surface area contributed by atoms with Gasteiger partial charge in [-0.2, -0.15) is 0 Å². The molecule has 0 unspecified atom stereocenters. The molecule has 5 rings (SSSR count). The normalized spacial score (nSPS) is 13.3. The Balaban J connectivity index is 0.00000225. The van der Waals surface area contributed by atoms with Crippen molar-refractivity contribution in [1.29, 1.82) is 0 Å². The molecule has 0 radical (unpaired) electrons. The number of likely N-dealkylation sites (tertiary alicyclic amines) is 1. The third-order valence-corrected chi connectivity index (χ3v) is 7.29. The van der Waals surface area contributed by atoms with Gasteiger partial charge < -0.3 is 25.0 Å². The molecular formula is C30H38FN7O3. The Morgan fingerprint density at radius 2 is 1.78 bits per heavy atom. The van der Waals surface area contributed by atoms with Gasteiger partial charge >= 0.3 is 12.1 Å². The zero-order valence-corrected chi connectivity index (χ0v) is 23.4. The van der Waals surface area contributed by atoms with Crippen molar-refractivity contribution in [3.63, 3.8) is 0 Å². The van der Waals surface area contributed by atoms with Crippen LogP contribution in [0.25, 0.3) is 22.0 Å². The molecule has 2 aromatic heterocycles. The van der Waals surface area contributed by atoms with Crippen LogP contribution in [0.4, 0.5) is 31.2 Å². The summed E-state index contributed by atoms with van der Waals surface area (Å²) in [5.74, 6) is -0.272. The maximum Gasteiger partial charge on any atom is 0.323 e. The first-order valence-electron chi connectivity index (χ1n) is 13.3. The van der Waals surface area contributed by atoms with Gasteiger partial charge in [0.05, 0.1) is 11.2 Å². The van der Waals surface area contributed by atoms with E-state index >= 15 is 0 Å². The fourth-order valence-corrected chi connectivity index (χ4v) is 4.85. The molecule has 1 saturated heterocycles. The van der Waals surface area contributed by atoms with Crippen LogP contribution in [0.15, 0.2) is 65.6 Å². The molecule has 0 atom stereocenters. The third-order valence-electron chi connectivity index (χ3n) is 7.29. The SMILES string of the molecule is CCn1c(=O)c(-c2cc(NC(=O)Nc3ccccc3)c(F)cc2C)cc2cnc(NC(=O)N3CC(N(C)C)C3)cc21.[HH].[HH].[HH]. The molecular weight excluding hydrogens is 525 g/mol. The minimum absolute atomic E-state index is 0. The van der Waals surface area contributed by atoms with Gasteiger partial charge in [-0.1, -0.05) is 18.2 Å². The molecule has 10 nitrogen and oxygen atoms in total. The van der Waals surface area contributed by atoms with Crippen LogP contribution < -0.4 is 21.5 Å². The molecule has 4 aromatic rings. The highest BCUT2D eigenvalue weighted by molar-refractivity contribution is 6.00. The molecule has 1 fully saturated rings. The Hall–Kier alpha value is -4.77. The van der Waals surface area contributed by atoms with E-state index in [1.54, 1.807) is 59.0 Å². The Kier molecular flexibility index (Phi) is 7.71. The van der Waals surface area contributed by atoms with Gasteiger partial charge in [-0.25, -0.2) is 19.0 Å². The minimum Gasteiger partial charge on any atom is -0.321 e. The van der Waals surface area contributed by atoms with Crippen LogP contribution in [-0.4, -0.2) is 64.6 Å². The lowest BCUT2D eigenvalue weighted by molar-refractivity contribution is 0.0942. The zero-order valence-electron chi connectivity index (χ0n) is 23.4. The number of halogens is 1. The highest BCUT2D eigenvalue weighted by Gasteiger charge is 2.32. The van der Waals surface area contributed by atoms with Gasteiger partial charge in [0.15, 0.2) is 0 Å². The molecule has 11 heteroatoms. The number of anilines is 3. The number of aryl methyl sites for hydroxylation is 2. The van der Waals surface area contributed by atoms with Crippen molar-refractivity contribution in [2.45, 2.75) is 26.4 Å². The number of nitrogens with one attached hydrogen (secondary N) is 3. The summed E-state index contributed by atoms with van der Waals surface area (Å²) in [6.07, 6.45) is 1.60. The van der Waals surface area contributed by atoms with Crippen molar-refractivity contribution in [3.8, 4) is 11.1 Å². The van der Waals surface area contributed by atoms with E-state index in [1.165, 1.54) is 12.1 Å². The molecule has 3 heterocycles. The topological polar surface area (TPSA) is 112 Å². The van der Waals surface area contributed by atoms with E-state index in [9.17, 15) is 18.8 Å². The molecule has 0 saturated carbocycles. The van der Waals surface area contributed by atoms with Crippen LogP contribution in [0.3, 0.4) is 0 Å². The highest BCUT2D eigenvalue weighted by atomic mass is 19.1. The maximum atomic E-state index is 14.9. The molecule has 0 spiro atoms. The first kappa shape index (κ1) is 27.8. The number of carbonyl (C=O) groups excluding carboxylic acids is 2. The minimum atomic E-state index is -0.618. The number of hydrogen-bond acceptors (Lipinski definition) is 5. The summed E-state index contributed by atoms with van der Waals surface area (Å²) in [5.41, 5.74) is 2.21. The van der Waals surface area contributed by atoms with Crippen LogP contribution in [0.1, 0.15) is 16.8 Å². The quantitative estimate of drug-likeness (QED) is 0.279. The third kappa shape index (κ3) is 5.75. The Morgan fingerprint density at radius 3 is 2.46 bits per heavy atom. The van der Waals surface area contributed by atoms with Crippen molar-refractivity contribution in [2.24, 2.45) is 0 Å². The number of likely N-dealkylation sites (N-methyl/N-ethyl adjacent to an activating group) is 1. The lowest BCUT2D eigenvalue weighted by Crippen LogP contribution is -2.60. The van der Waals surface area contributed by atoms with Crippen molar-refractivity contribution >= 4 is 40.2 Å². The summed E-state index contributed by atoms with van der Waals surface area (Å²) in [6.45, 7) is 5.19. The van der Waals surface area contributed by atoms with E-state index < -0.39 is 11.8 Å². The first-order valence-corrected chi connectivity index (χ1v) is 13.3. The van der Waals surface area contributed by atoms with Crippen molar-refractivity contribution in [3.05, 3.63) is 82.5 Å². The van der Waals surface area contributed by atoms with E-state index in [2.05, 4.69) is 25.8 Å². The smallest absolute Gasteiger partial charge is 0.321 e. The van der Waals surface area contributed by atoms with Gasteiger partial charge in [0, 0.05) is 58.9 Å². The van der Waals surface area contributed by atoms with E-state index in [0.29, 0.717) is 64.8 Å². The van der Waals surface area contributed by atoms with Crippen LogP contribution >= 0.6 is 0 Å². The number of fused-ring (bicyclic) bond motifs is 1. The van der Waals surface area contributed by atoms with Crippen molar-refractivity contribution in [2.75, 3.05) is 43.1 Å². The average Bonchev–Trinajstić information content (AvgIpc) is 2.89. The van der Waals surface area contributed by atoms with Crippen LogP contribution in [-0.2, 0) is 6.54 Å². The largest absolute Gasteiger partial charge is 0.323 e. The molecule has 2 aromatic carbocycles. The summed E-state index contributed by atoms with van der Waals surface area (Å²) >= 11 is 0. The number of nitrogens with zero attached hydrogens (tertiary/aromatic N) is 4. The van der Waals surface area contributed by atoms with Gasteiger partial charge in [0.2, 0.25) is 0 Å². The van der Waals surface area contributed by atoms with Crippen molar-refractivity contribution in [1.82, 2.24) is 19.4 Å². The molecule has 3 N–H and O–H groups in total. The summed E-state index contributed by atoms with van der Waals surface area (Å²) in [6, 6.07) is 14.4. The average molecular weight is 564 g/mol. The fourth-order valence-electron chi connectivity index (χ4n) is 4.85. The Labute approximate surface area is 241 Å². The van der Waals surface area contributed by atoms with E-state index in [4.69, 9.17) is 0 Å². The molecule has 218 valence electrons. The predicted octanol–water partition coefficient (Wildman–Crippen LogP) is 5.69. The first-order chi connectivity index (χ1) is 19.6. The number of para-hydroxylation sites is 1. The van der Waals surface area contributed by atoms with Crippen LogP contribution in [0.5, 0.6) is 0 Å². The molecule has 1 aliphatic rings. The summed E-state index contributed by atoms with van der Waals surface area (Å²) in [4.78, 5) is 47.0. The lowest BCUT2D eigenvalue weighted by atomic mass is 9.99. The van der Waals surface area contributed by atoms with Gasteiger partial charge in [-0.3, -0.25) is 10.1 Å². The number of amides is 4. The summed E-state index contributed by atoms with van der Waals surface area (Å²) in [7, 11) is 3.97. The van der Waals surface area contributed by atoms with E-state index in [-0.39, 0.29) is 21.6 Å². The number of aromatic nitrogens is 2. The molecule has 0 aliphatic carbocycles. The zero-order chi connectivity index (χ0) is 29.3. The number of benzene rings is 2. The van der Waals surface area contributed by atoms with Crippen LogP contribution in [0, 0.1) is 12.7 Å². The second-order valence-electron chi connectivity index (χ2n) is 10.3. The van der Waals surface area contributed by atoms with Gasteiger partial charge in [-0.05, 0) is 69.4 Å². The summed E-state index contributed by atoms with van der Waals surface area (Å²) < 4.78 is 16.5. The molecule has 4 amide bonds. The van der Waals surface area contributed by atoms with Crippen LogP contribution in [0.2, 0.25) is 0 Å². The fraction of sp³-hybridized carbons (Fsp3) is 0.267.